The van der Waals surface area contributed by atoms with E-state index < -0.39 is 30.4 Å². The first-order valence-corrected chi connectivity index (χ1v) is 45.4. The van der Waals surface area contributed by atoms with E-state index in [2.05, 4.69) is 158 Å². The number of hydrogen-bond donors (Lipinski definition) is 10. The normalized spacial score (nSPS) is 15.2. The monoisotopic (exact) mass is 2030 g/mol. The van der Waals surface area contributed by atoms with E-state index in [-0.39, 0.29) is 47.8 Å². The second kappa shape index (κ2) is 44.3. The number of rotatable bonds is 17. The van der Waals surface area contributed by atoms with Gasteiger partial charge in [-0.15, -0.1) is 10.2 Å². The van der Waals surface area contributed by atoms with Crippen LogP contribution in [0.15, 0.2) is 235 Å². The number of nitrogens with zero attached hydrogens (tertiary/aromatic N) is 13. The lowest BCUT2D eigenvalue weighted by Gasteiger charge is -2.15. The van der Waals surface area contributed by atoms with Crippen LogP contribution in [0, 0.1) is 5.21 Å². The van der Waals surface area contributed by atoms with Gasteiger partial charge in [0.1, 0.15) is 18.7 Å². The van der Waals surface area contributed by atoms with E-state index >= 15 is 0 Å². The summed E-state index contributed by atoms with van der Waals surface area (Å²) in [5, 5.41) is 59.8. The standard InChI is InChI=1S/C24H20ClN7O4.C24H20ClN7O3.C23H21ClN4O3.C17H16BrN3O3.C8H9BrN2/c1-36-24(34)27-18-6-2-14(3-7-18)23(33)28-20-8-4-15-10-16(12-32(35)22(15)20)19-11-17(25)5-9-21(19)31-13-26-29-30-31;1-35-24(34)28-18-6-2-14(3-7-18)23(33)29-20-8-4-15-10-16(12-26-22(15)20)19-11-17(25)5-9-21(19)32-13-27-30-31-32;1-31-23(30)27-17-6-2-13(3-7-17)22(29)28-20-9-4-14-10-15(12-26-21(14)20)18-11-16(24)5-8-19(18)25;1-24-17(23)20-13-5-2-10(3-6-13)16(22)21-14-7-4-11-8-12(18)9-19-15(11)14;9-6-3-5-1-2-7(10)8(5)11-4-6/h2-3,5-7,9-13,20H,4,8H2,1H3,(H,27,34)(H,28,33);2-3,5-7,9-13,20H,4,8H2,1H3,(H,28,34)(H,29,33);2-3,5-8,10-12,20H,4,9,25H2,1H3,(H,27,30)(H,28,29);2-3,5-6,8-9,14H,4,7H2,1H3,(H,20,23)(H,21,22);3-4,7H,1-2,10H2. The van der Waals surface area contributed by atoms with Gasteiger partial charge in [-0.1, -0.05) is 34.8 Å². The van der Waals surface area contributed by atoms with Crippen molar-refractivity contribution in [3.05, 3.63) is 333 Å². The van der Waals surface area contributed by atoms with Crippen molar-refractivity contribution in [1.29, 1.82) is 0 Å². The molecule has 5 aliphatic rings. The molecular weight excluding hydrogens is 1950 g/mol. The Bertz CT molecular complexity index is 6840. The zero-order valence-electron chi connectivity index (χ0n) is 73.5. The highest BCUT2D eigenvalue weighted by atomic mass is 79.9. The van der Waals surface area contributed by atoms with Crippen LogP contribution in [0.2, 0.25) is 15.1 Å². The molecule has 0 aliphatic heterocycles. The minimum atomic E-state index is -0.600. The number of anilines is 5. The van der Waals surface area contributed by atoms with Gasteiger partial charge < -0.3 is 56.9 Å². The first kappa shape index (κ1) is 96.4. The third kappa shape index (κ3) is 23.9. The van der Waals surface area contributed by atoms with Crippen LogP contribution in [-0.4, -0.2) is 137 Å². The smallest absolute Gasteiger partial charge is 0.411 e. The Hall–Kier alpha value is -15.2. The molecule has 41 heteroatoms. The van der Waals surface area contributed by atoms with E-state index in [0.29, 0.717) is 101 Å². The Morgan fingerprint density at radius 3 is 1.11 bits per heavy atom. The highest BCUT2D eigenvalue weighted by Crippen LogP contribution is 2.41. The molecule has 7 aromatic heterocycles. The van der Waals surface area contributed by atoms with Crippen molar-refractivity contribution in [2.45, 2.75) is 94.4 Å². The van der Waals surface area contributed by atoms with Gasteiger partial charge >= 0.3 is 24.4 Å². The average Bonchev–Trinajstić information content (AvgIpc) is 1.53. The summed E-state index contributed by atoms with van der Waals surface area (Å²) in [5.41, 5.74) is 32.6. The number of fused-ring (bicyclic) bond motifs is 5. The molecule has 7 aromatic carbocycles. The first-order valence-electron chi connectivity index (χ1n) is 42.7. The van der Waals surface area contributed by atoms with Crippen LogP contribution in [0.1, 0.15) is 160 Å². The van der Waals surface area contributed by atoms with Crippen LogP contribution < -0.4 is 58.7 Å². The fourth-order valence-corrected chi connectivity index (χ4v) is 17.4. The summed E-state index contributed by atoms with van der Waals surface area (Å²) in [6.45, 7) is 0. The molecule has 0 spiro atoms. The highest BCUT2D eigenvalue weighted by Gasteiger charge is 2.35. The second-order valence-corrected chi connectivity index (χ2v) is 34.8. The zero-order chi connectivity index (χ0) is 96.5. The minimum Gasteiger partial charge on any atom is -0.618 e. The lowest BCUT2D eigenvalue weighted by molar-refractivity contribution is -0.615. The molecule has 0 radical (unpaired) electrons. The molecule has 12 N–H and O–H groups in total. The molecule has 0 saturated heterocycles. The van der Waals surface area contributed by atoms with Gasteiger partial charge in [-0.2, -0.15) is 14.1 Å². The maximum Gasteiger partial charge on any atom is 0.411 e. The van der Waals surface area contributed by atoms with Gasteiger partial charge in [0.25, 0.3) is 23.6 Å². The average molecular weight is 2040 g/mol. The molecular formula is C96H86Br2Cl3N23O13. The van der Waals surface area contributed by atoms with Crippen molar-refractivity contribution in [1.82, 2.24) is 81.6 Å². The van der Waals surface area contributed by atoms with Crippen molar-refractivity contribution in [2.24, 2.45) is 5.73 Å². The van der Waals surface area contributed by atoms with Crippen LogP contribution in [0.3, 0.4) is 0 Å². The highest BCUT2D eigenvalue weighted by molar-refractivity contribution is 9.10. The van der Waals surface area contributed by atoms with Gasteiger partial charge in [0.05, 0.1) is 80.7 Å². The molecule has 137 heavy (non-hydrogen) atoms. The lowest BCUT2D eigenvalue weighted by Crippen LogP contribution is -2.38. The van der Waals surface area contributed by atoms with E-state index in [1.54, 1.807) is 157 Å². The fraction of sp³-hybridized carbons (Fsp3) is 0.198. The summed E-state index contributed by atoms with van der Waals surface area (Å²) in [6.07, 6.45) is 17.4. The molecule has 5 unspecified atom stereocenters. The topological polar surface area (TPSA) is 487 Å². The largest absolute Gasteiger partial charge is 0.618 e. The van der Waals surface area contributed by atoms with Gasteiger partial charge in [-0.3, -0.25) is 60.4 Å². The number of nitrogen functional groups attached to an aromatic ring is 1. The predicted octanol–water partition coefficient (Wildman–Crippen LogP) is 17.0. The molecule has 19 rings (SSSR count). The number of methoxy groups -OCH3 is 4. The molecule has 0 bridgehead atoms. The predicted molar refractivity (Wildman–Crippen MR) is 518 cm³/mol. The number of halogens is 5. The van der Waals surface area contributed by atoms with Gasteiger partial charge in [0.15, 0.2) is 6.20 Å². The Morgan fingerprint density at radius 2 is 0.715 bits per heavy atom. The molecule has 7 heterocycles. The number of nitrogens with two attached hydrogens (primary N) is 2. The summed E-state index contributed by atoms with van der Waals surface area (Å²) in [5.74, 6) is -0.902. The molecule has 8 amide bonds. The van der Waals surface area contributed by atoms with Crippen LogP contribution in [0.25, 0.3) is 44.8 Å². The number of ether oxygens (including phenoxy) is 4. The van der Waals surface area contributed by atoms with Crippen LogP contribution in [0.4, 0.5) is 47.6 Å². The molecule has 5 atom stereocenters. The third-order valence-electron chi connectivity index (χ3n) is 22.9. The van der Waals surface area contributed by atoms with E-state index in [1.165, 1.54) is 57.5 Å². The van der Waals surface area contributed by atoms with Gasteiger partial charge in [0.2, 0.25) is 5.69 Å². The maximum absolute atomic E-state index is 13.1. The molecule has 36 nitrogen and oxygen atoms in total. The summed E-state index contributed by atoms with van der Waals surface area (Å²) in [7, 11) is 5.14. The number of tetrazole rings is 2. The number of hydrogen-bond acceptors (Lipinski definition) is 25. The molecule has 14 aromatic rings. The van der Waals surface area contributed by atoms with E-state index in [4.69, 9.17) is 51.3 Å². The number of carbonyl (C=O) groups is 8. The summed E-state index contributed by atoms with van der Waals surface area (Å²) in [4.78, 5) is 114. The Balaban J connectivity index is 0.000000134. The third-order valence-corrected chi connectivity index (χ3v) is 24.5. The van der Waals surface area contributed by atoms with Gasteiger partial charge in [-0.25, -0.2) is 19.2 Å². The lowest BCUT2D eigenvalue weighted by atomic mass is 10.0. The number of aromatic nitrogens is 13. The van der Waals surface area contributed by atoms with Crippen molar-refractivity contribution in [3.63, 3.8) is 0 Å². The van der Waals surface area contributed by atoms with E-state index in [0.717, 1.165) is 138 Å². The first-order chi connectivity index (χ1) is 66.2. The Kier molecular flexibility index (Phi) is 31.2. The van der Waals surface area contributed by atoms with Crippen LogP contribution >= 0.6 is 66.7 Å². The summed E-state index contributed by atoms with van der Waals surface area (Å²) in [6, 6.07) is 51.8. The Labute approximate surface area is 815 Å². The molecule has 698 valence electrons. The van der Waals surface area contributed by atoms with Gasteiger partial charge in [0, 0.05) is 144 Å². The molecule has 5 aliphatic carbocycles. The van der Waals surface area contributed by atoms with Crippen molar-refractivity contribution in [3.8, 4) is 44.8 Å². The minimum absolute atomic E-state index is 0.0755. The summed E-state index contributed by atoms with van der Waals surface area (Å²) >= 11 is 25.4. The molecule has 0 fully saturated rings. The fourth-order valence-electron chi connectivity index (χ4n) is 16.2. The van der Waals surface area contributed by atoms with E-state index in [1.807, 2.05) is 36.5 Å². The SMILES string of the molecule is COC(=O)Nc1ccc(C(=O)NC2CCc3cc(-c4cc(Cl)ccc4-n4cnnn4)c[n+]([O-])c32)cc1.COC(=O)Nc1ccc(C(=O)NC2CCc3cc(-c4cc(Cl)ccc4-n4cnnn4)cnc32)cc1.COC(=O)Nc1ccc(C(=O)NC2CCc3cc(-c4cc(Cl)ccc4N)cnc32)cc1.COC(=O)Nc1ccc(C(=O)NC2CCc3cc(Br)cnc32)cc1.NC1CCc2cc(Br)cnc21. The van der Waals surface area contributed by atoms with Crippen LogP contribution in [-0.2, 0) is 51.1 Å². The Morgan fingerprint density at radius 1 is 0.394 bits per heavy atom. The van der Waals surface area contributed by atoms with Crippen molar-refractivity contribution < 1.29 is 62.0 Å². The number of carbonyl (C=O) groups excluding carboxylic acids is 8. The maximum atomic E-state index is 13.1. The number of aryl methyl sites for hydroxylation is 5. The molecule has 0 saturated carbocycles. The van der Waals surface area contributed by atoms with Crippen LogP contribution in [0.5, 0.6) is 0 Å². The quantitative estimate of drug-likeness (QED) is 0.0175. The number of pyridine rings is 5. The summed E-state index contributed by atoms with van der Waals surface area (Å²) < 4.78 is 24.1. The number of amides is 8. The second-order valence-electron chi connectivity index (χ2n) is 31.6. The van der Waals surface area contributed by atoms with Crippen molar-refractivity contribution >= 4 is 143 Å². The van der Waals surface area contributed by atoms with E-state index in [9.17, 15) is 43.6 Å². The van der Waals surface area contributed by atoms with Crippen molar-refractivity contribution in [2.75, 3.05) is 55.4 Å². The number of nitrogens with one attached hydrogen (secondary N) is 8. The van der Waals surface area contributed by atoms with Gasteiger partial charge in [-0.05, 0) is 321 Å². The number of benzene rings is 7. The zero-order valence-corrected chi connectivity index (χ0v) is 78.9.